The van der Waals surface area contributed by atoms with E-state index in [0.717, 1.165) is 0 Å². The number of nitrogens with zero attached hydrogens (tertiary/aromatic N) is 2. The molecular formula is C13H13F3N2O2. The van der Waals surface area contributed by atoms with Crippen molar-refractivity contribution in [1.29, 1.82) is 0 Å². The average molecular weight is 286 g/mol. The lowest BCUT2D eigenvalue weighted by Crippen LogP contribution is -2.46. The van der Waals surface area contributed by atoms with E-state index < -0.39 is 18.1 Å². The quantitative estimate of drug-likeness (QED) is 0.734. The molecule has 1 heterocycles. The Morgan fingerprint density at radius 3 is 2.35 bits per heavy atom. The van der Waals surface area contributed by atoms with Crippen LogP contribution >= 0.6 is 0 Å². The number of fused-ring (bicyclic) bond motifs is 1. The van der Waals surface area contributed by atoms with Gasteiger partial charge in [-0.25, -0.2) is 0 Å². The topological polar surface area (TPSA) is 40.6 Å². The third-order valence-corrected chi connectivity index (χ3v) is 3.25. The minimum absolute atomic E-state index is 0.0932. The third-order valence-electron chi connectivity index (χ3n) is 3.25. The first kappa shape index (κ1) is 14.4. The molecule has 0 bridgehead atoms. The summed E-state index contributed by atoms with van der Waals surface area (Å²) in [7, 11) is 1.48. The molecule has 0 saturated carbocycles. The van der Waals surface area contributed by atoms with Crippen LogP contribution in [0.4, 0.5) is 24.5 Å². The second-order valence-corrected chi connectivity index (χ2v) is 4.67. The molecule has 0 fully saturated rings. The largest absolute Gasteiger partial charge is 0.471 e. The van der Waals surface area contributed by atoms with E-state index in [2.05, 4.69) is 0 Å². The molecule has 1 aromatic rings. The predicted molar refractivity (Wildman–Crippen MR) is 67.5 cm³/mol. The minimum Gasteiger partial charge on any atom is -0.313 e. The molecule has 108 valence electrons. The van der Waals surface area contributed by atoms with Crippen LogP contribution in [0.1, 0.15) is 13.3 Å². The highest BCUT2D eigenvalue weighted by molar-refractivity contribution is 6.06. The number of alkyl halides is 3. The van der Waals surface area contributed by atoms with E-state index in [9.17, 15) is 22.8 Å². The third kappa shape index (κ3) is 2.35. The van der Waals surface area contributed by atoms with Gasteiger partial charge in [-0.05, 0) is 19.1 Å². The fraction of sp³-hybridized carbons (Fsp3) is 0.385. The van der Waals surface area contributed by atoms with Gasteiger partial charge >= 0.3 is 12.1 Å². The molecule has 0 radical (unpaired) electrons. The fourth-order valence-corrected chi connectivity index (χ4v) is 2.25. The average Bonchev–Trinajstić information content (AvgIpc) is 2.45. The van der Waals surface area contributed by atoms with Crippen molar-refractivity contribution in [3.8, 4) is 0 Å². The number of hydrogen-bond donors (Lipinski definition) is 0. The molecule has 0 aliphatic carbocycles. The van der Waals surface area contributed by atoms with E-state index in [-0.39, 0.29) is 18.0 Å². The maximum atomic E-state index is 12.7. The van der Waals surface area contributed by atoms with Gasteiger partial charge in [-0.1, -0.05) is 12.1 Å². The Morgan fingerprint density at radius 2 is 1.80 bits per heavy atom. The molecule has 1 atom stereocenters. The van der Waals surface area contributed by atoms with Gasteiger partial charge in [-0.2, -0.15) is 13.2 Å². The molecule has 20 heavy (non-hydrogen) atoms. The van der Waals surface area contributed by atoms with Crippen molar-refractivity contribution >= 4 is 23.2 Å². The van der Waals surface area contributed by atoms with Gasteiger partial charge in [0.2, 0.25) is 5.91 Å². The highest BCUT2D eigenvalue weighted by atomic mass is 19.4. The first-order chi connectivity index (χ1) is 9.23. The lowest BCUT2D eigenvalue weighted by Gasteiger charge is -2.28. The van der Waals surface area contributed by atoms with Crippen molar-refractivity contribution in [3.63, 3.8) is 0 Å². The summed E-state index contributed by atoms with van der Waals surface area (Å²) in [6.45, 7) is 1.43. The Labute approximate surface area is 113 Å². The molecule has 1 aliphatic rings. The standard InChI is InChI=1S/C13H13F3N2O2/c1-8-7-11(19)17(2)9-5-3-4-6-10(9)18(8)12(20)13(14,15)16/h3-6,8H,7H2,1-2H3/t8-/m0/s1. The molecule has 0 unspecified atom stereocenters. The summed E-state index contributed by atoms with van der Waals surface area (Å²) in [5.41, 5.74) is 0.384. The van der Waals surface area contributed by atoms with Crippen LogP contribution < -0.4 is 9.80 Å². The van der Waals surface area contributed by atoms with Gasteiger partial charge in [0.25, 0.3) is 0 Å². The number of halogens is 3. The van der Waals surface area contributed by atoms with Crippen LogP contribution in [0.15, 0.2) is 24.3 Å². The molecule has 0 N–H and O–H groups in total. The monoisotopic (exact) mass is 286 g/mol. The number of para-hydroxylation sites is 2. The SMILES string of the molecule is C[C@H]1CC(=O)N(C)c2ccccc2N1C(=O)C(F)(F)F. The number of benzene rings is 1. The van der Waals surface area contributed by atoms with Crippen molar-refractivity contribution in [1.82, 2.24) is 0 Å². The van der Waals surface area contributed by atoms with Crippen LogP contribution in [-0.4, -0.2) is 31.1 Å². The van der Waals surface area contributed by atoms with Crippen LogP contribution in [0.25, 0.3) is 0 Å². The zero-order valence-corrected chi connectivity index (χ0v) is 10.9. The van der Waals surface area contributed by atoms with E-state index in [1.54, 1.807) is 6.07 Å². The lowest BCUT2D eigenvalue weighted by molar-refractivity contribution is -0.170. The van der Waals surface area contributed by atoms with Crippen LogP contribution in [0.3, 0.4) is 0 Å². The zero-order chi connectivity index (χ0) is 15.1. The molecule has 2 amide bonds. The second kappa shape index (κ2) is 4.81. The van der Waals surface area contributed by atoms with Gasteiger partial charge < -0.3 is 4.90 Å². The number of hydrogen-bond acceptors (Lipinski definition) is 2. The highest BCUT2D eigenvalue weighted by Crippen LogP contribution is 2.36. The predicted octanol–water partition coefficient (Wildman–Crippen LogP) is 2.34. The van der Waals surface area contributed by atoms with E-state index in [1.807, 2.05) is 0 Å². The van der Waals surface area contributed by atoms with Gasteiger partial charge in [-0.3, -0.25) is 14.5 Å². The fourth-order valence-electron chi connectivity index (χ4n) is 2.25. The molecule has 0 spiro atoms. The Morgan fingerprint density at radius 1 is 1.25 bits per heavy atom. The van der Waals surface area contributed by atoms with Crippen molar-refractivity contribution in [3.05, 3.63) is 24.3 Å². The molecule has 1 aliphatic heterocycles. The molecule has 4 nitrogen and oxygen atoms in total. The second-order valence-electron chi connectivity index (χ2n) is 4.67. The molecule has 0 saturated heterocycles. The van der Waals surface area contributed by atoms with E-state index >= 15 is 0 Å². The first-order valence-corrected chi connectivity index (χ1v) is 5.99. The Hall–Kier alpha value is -2.05. The summed E-state index contributed by atoms with van der Waals surface area (Å²) >= 11 is 0. The molecule has 1 aromatic carbocycles. The zero-order valence-electron chi connectivity index (χ0n) is 10.9. The Kier molecular flexibility index (Phi) is 3.45. The number of anilines is 2. The normalized spacial score (nSPS) is 19.6. The first-order valence-electron chi connectivity index (χ1n) is 5.99. The van der Waals surface area contributed by atoms with E-state index in [0.29, 0.717) is 10.6 Å². The van der Waals surface area contributed by atoms with Gasteiger partial charge in [0, 0.05) is 19.5 Å². The number of amides is 2. The summed E-state index contributed by atoms with van der Waals surface area (Å²) < 4.78 is 38.2. The van der Waals surface area contributed by atoms with Gasteiger partial charge in [0.15, 0.2) is 0 Å². The van der Waals surface area contributed by atoms with Gasteiger partial charge in [-0.15, -0.1) is 0 Å². The van der Waals surface area contributed by atoms with Crippen LogP contribution in [-0.2, 0) is 9.59 Å². The molecule has 7 heteroatoms. The molecule has 0 aromatic heterocycles. The summed E-state index contributed by atoms with van der Waals surface area (Å²) in [6.07, 6.45) is -5.14. The summed E-state index contributed by atoms with van der Waals surface area (Å²) in [5, 5.41) is 0. The van der Waals surface area contributed by atoms with Crippen LogP contribution in [0, 0.1) is 0 Å². The maximum Gasteiger partial charge on any atom is 0.471 e. The minimum atomic E-state index is -4.98. The van der Waals surface area contributed by atoms with Crippen molar-refractivity contribution in [2.45, 2.75) is 25.6 Å². The van der Waals surface area contributed by atoms with Crippen molar-refractivity contribution < 1.29 is 22.8 Å². The summed E-state index contributed by atoms with van der Waals surface area (Å²) in [6, 6.07) is 5.20. The Balaban J connectivity index is 2.59. The van der Waals surface area contributed by atoms with Gasteiger partial charge in [0.05, 0.1) is 11.4 Å². The number of carbonyl (C=O) groups is 2. The smallest absolute Gasteiger partial charge is 0.313 e. The van der Waals surface area contributed by atoms with Crippen LogP contribution in [0.2, 0.25) is 0 Å². The number of rotatable bonds is 0. The lowest BCUT2D eigenvalue weighted by atomic mass is 10.1. The summed E-state index contributed by atoms with van der Waals surface area (Å²) in [4.78, 5) is 25.5. The summed E-state index contributed by atoms with van der Waals surface area (Å²) in [5.74, 6) is -2.29. The maximum absolute atomic E-state index is 12.7. The van der Waals surface area contributed by atoms with Crippen molar-refractivity contribution in [2.75, 3.05) is 16.8 Å². The van der Waals surface area contributed by atoms with Gasteiger partial charge in [0.1, 0.15) is 0 Å². The van der Waals surface area contributed by atoms with Crippen LogP contribution in [0.5, 0.6) is 0 Å². The van der Waals surface area contributed by atoms with E-state index in [1.165, 1.54) is 37.1 Å². The number of carbonyl (C=O) groups excluding carboxylic acids is 2. The molecule has 2 rings (SSSR count). The van der Waals surface area contributed by atoms with E-state index in [4.69, 9.17) is 0 Å². The van der Waals surface area contributed by atoms with Crippen molar-refractivity contribution in [2.24, 2.45) is 0 Å². The Bertz CT molecular complexity index is 557. The highest BCUT2D eigenvalue weighted by Gasteiger charge is 2.46. The molecular weight excluding hydrogens is 273 g/mol.